The minimum Gasteiger partial charge on any atom is -0.449 e. The molecule has 1 aliphatic rings. The van der Waals surface area contributed by atoms with Gasteiger partial charge in [-0.3, -0.25) is 4.79 Å². The molecule has 0 N–H and O–H groups in total. The lowest BCUT2D eigenvalue weighted by Gasteiger charge is -2.29. The first-order chi connectivity index (χ1) is 13.1. The van der Waals surface area contributed by atoms with E-state index in [-0.39, 0.29) is 29.6 Å². The van der Waals surface area contributed by atoms with Crippen molar-refractivity contribution in [2.24, 2.45) is 0 Å². The van der Waals surface area contributed by atoms with E-state index in [1.54, 1.807) is 31.2 Å². The number of ether oxygens (including phenoxy) is 2. The summed E-state index contributed by atoms with van der Waals surface area (Å²) in [5.41, 5.74) is 1.29. The topological polar surface area (TPSA) is 90.0 Å². The maximum atomic E-state index is 12.7. The van der Waals surface area contributed by atoms with Crippen LogP contribution < -0.4 is 0 Å². The molecule has 1 aliphatic heterocycles. The van der Waals surface area contributed by atoms with Gasteiger partial charge in [0.05, 0.1) is 29.8 Å². The van der Waals surface area contributed by atoms with Gasteiger partial charge in [0.2, 0.25) is 0 Å². The lowest BCUT2D eigenvalue weighted by molar-refractivity contribution is -0.141. The third-order valence-corrected chi connectivity index (χ3v) is 6.43. The first kappa shape index (κ1) is 22.4. The first-order valence-corrected chi connectivity index (χ1v) is 11.4. The largest absolute Gasteiger partial charge is 0.449 e. The van der Waals surface area contributed by atoms with Crippen molar-refractivity contribution in [2.45, 2.75) is 59.0 Å². The van der Waals surface area contributed by atoms with Crippen molar-refractivity contribution in [1.29, 1.82) is 0 Å². The summed E-state index contributed by atoms with van der Waals surface area (Å²) in [7, 11) is -3.10. The van der Waals surface area contributed by atoms with Gasteiger partial charge in [0, 0.05) is 12.6 Å². The second kappa shape index (κ2) is 9.52. The number of nitrogens with zero attached hydrogens (tertiary/aromatic N) is 1. The van der Waals surface area contributed by atoms with Crippen LogP contribution in [0, 0.1) is 0 Å². The molecule has 1 heterocycles. The summed E-state index contributed by atoms with van der Waals surface area (Å²) in [5.74, 6) is -0.914. The van der Waals surface area contributed by atoms with Crippen molar-refractivity contribution in [3.05, 3.63) is 35.4 Å². The fraction of sp³-hybridized carbons (Fsp3) is 0.600. The zero-order valence-corrected chi connectivity index (χ0v) is 17.7. The molecule has 1 fully saturated rings. The Morgan fingerprint density at radius 2 is 1.82 bits per heavy atom. The lowest BCUT2D eigenvalue weighted by atomic mass is 10.1. The van der Waals surface area contributed by atoms with Crippen LogP contribution in [-0.4, -0.2) is 61.5 Å². The van der Waals surface area contributed by atoms with Crippen LogP contribution in [0.1, 0.15) is 50.0 Å². The molecule has 0 saturated carbocycles. The number of likely N-dealkylation sites (N-methyl/N-ethyl adjacent to an activating group) is 1. The quantitative estimate of drug-likeness (QED) is 0.609. The Kier molecular flexibility index (Phi) is 7.60. The molecule has 0 spiro atoms. The fourth-order valence-electron chi connectivity index (χ4n) is 3.13. The number of hydrogen-bond acceptors (Lipinski definition) is 6. The number of carbonyl (C=O) groups excluding carboxylic acids is 2. The van der Waals surface area contributed by atoms with Gasteiger partial charge in [-0.15, -0.1) is 0 Å². The van der Waals surface area contributed by atoms with Crippen molar-refractivity contribution < 1.29 is 27.5 Å². The van der Waals surface area contributed by atoms with Gasteiger partial charge in [0.25, 0.3) is 5.91 Å². The summed E-state index contributed by atoms with van der Waals surface area (Å²) in [6, 6.07) is 6.49. The highest BCUT2D eigenvalue weighted by atomic mass is 32.2. The van der Waals surface area contributed by atoms with Crippen LogP contribution >= 0.6 is 0 Å². The Hall–Kier alpha value is -1.93. The highest BCUT2D eigenvalue weighted by molar-refractivity contribution is 7.91. The molecular weight excluding hydrogens is 382 g/mol. The summed E-state index contributed by atoms with van der Waals surface area (Å²) in [6.45, 7) is 8.02. The second-order valence-corrected chi connectivity index (χ2v) is 9.51. The Bertz CT molecular complexity index is 787. The minimum absolute atomic E-state index is 0.0346. The predicted molar refractivity (Wildman–Crippen MR) is 106 cm³/mol. The SMILES string of the molecule is CCN(C(=O)[C@H](C)OC(=O)c1ccc(COC(C)C)cc1)[C@@H]1CCS(=O)(=O)C1. The highest BCUT2D eigenvalue weighted by Gasteiger charge is 2.36. The van der Waals surface area contributed by atoms with Crippen LogP contribution in [0.2, 0.25) is 0 Å². The average molecular weight is 412 g/mol. The van der Waals surface area contributed by atoms with Crippen molar-refractivity contribution in [2.75, 3.05) is 18.1 Å². The second-order valence-electron chi connectivity index (χ2n) is 7.29. The lowest BCUT2D eigenvalue weighted by Crippen LogP contribution is -2.46. The number of benzene rings is 1. The molecule has 7 nitrogen and oxygen atoms in total. The van der Waals surface area contributed by atoms with Crippen molar-refractivity contribution in [1.82, 2.24) is 4.90 Å². The van der Waals surface area contributed by atoms with Gasteiger partial charge in [0.1, 0.15) is 0 Å². The number of esters is 1. The summed E-state index contributed by atoms with van der Waals surface area (Å²) in [5, 5.41) is 0. The fourth-order valence-corrected chi connectivity index (χ4v) is 4.86. The Labute approximate surface area is 166 Å². The van der Waals surface area contributed by atoms with Crippen LogP contribution in [0.15, 0.2) is 24.3 Å². The minimum atomic E-state index is -3.10. The van der Waals surface area contributed by atoms with Crippen LogP contribution in [0.4, 0.5) is 0 Å². The summed E-state index contributed by atoms with van der Waals surface area (Å²) in [4.78, 5) is 26.5. The van der Waals surface area contributed by atoms with Crippen molar-refractivity contribution in [3.63, 3.8) is 0 Å². The van der Waals surface area contributed by atoms with Gasteiger partial charge < -0.3 is 14.4 Å². The van der Waals surface area contributed by atoms with E-state index >= 15 is 0 Å². The molecule has 0 aliphatic carbocycles. The monoisotopic (exact) mass is 411 g/mol. The van der Waals surface area contributed by atoms with E-state index < -0.39 is 21.9 Å². The molecule has 1 aromatic carbocycles. The van der Waals surface area contributed by atoms with E-state index in [0.29, 0.717) is 25.1 Å². The molecule has 0 radical (unpaired) electrons. The van der Waals surface area contributed by atoms with Gasteiger partial charge in [-0.05, 0) is 51.8 Å². The summed E-state index contributed by atoms with van der Waals surface area (Å²) in [6.07, 6.45) is -0.449. The first-order valence-electron chi connectivity index (χ1n) is 9.55. The maximum Gasteiger partial charge on any atom is 0.338 e. The van der Waals surface area contributed by atoms with E-state index in [2.05, 4.69) is 0 Å². The van der Waals surface area contributed by atoms with Crippen molar-refractivity contribution >= 4 is 21.7 Å². The van der Waals surface area contributed by atoms with E-state index in [9.17, 15) is 18.0 Å². The number of sulfone groups is 1. The molecule has 1 amide bonds. The van der Waals surface area contributed by atoms with Gasteiger partial charge in [-0.25, -0.2) is 13.2 Å². The summed E-state index contributed by atoms with van der Waals surface area (Å²) < 4.78 is 34.2. The van der Waals surface area contributed by atoms with Crippen LogP contribution in [0.5, 0.6) is 0 Å². The Morgan fingerprint density at radius 1 is 1.18 bits per heavy atom. The van der Waals surface area contributed by atoms with Gasteiger partial charge in [-0.1, -0.05) is 12.1 Å². The predicted octanol–water partition coefficient (Wildman–Crippen LogP) is 2.19. The van der Waals surface area contributed by atoms with Crippen LogP contribution in [0.3, 0.4) is 0 Å². The van der Waals surface area contributed by atoms with E-state index in [0.717, 1.165) is 5.56 Å². The molecule has 1 saturated heterocycles. The number of rotatable bonds is 8. The Morgan fingerprint density at radius 3 is 2.32 bits per heavy atom. The van der Waals surface area contributed by atoms with Crippen LogP contribution in [0.25, 0.3) is 0 Å². The smallest absolute Gasteiger partial charge is 0.338 e. The van der Waals surface area contributed by atoms with Crippen molar-refractivity contribution in [3.8, 4) is 0 Å². The molecule has 2 rings (SSSR count). The van der Waals surface area contributed by atoms with Gasteiger partial charge >= 0.3 is 5.97 Å². The molecule has 156 valence electrons. The zero-order chi connectivity index (χ0) is 20.9. The molecule has 0 aromatic heterocycles. The third-order valence-electron chi connectivity index (χ3n) is 4.68. The molecule has 0 bridgehead atoms. The summed E-state index contributed by atoms with van der Waals surface area (Å²) >= 11 is 0. The third kappa shape index (κ3) is 6.04. The average Bonchev–Trinajstić information content (AvgIpc) is 3.00. The molecule has 28 heavy (non-hydrogen) atoms. The molecular formula is C20H29NO6S. The highest BCUT2D eigenvalue weighted by Crippen LogP contribution is 2.19. The number of amides is 1. The van der Waals surface area contributed by atoms with Crippen LogP contribution in [-0.2, 0) is 30.7 Å². The molecule has 8 heteroatoms. The van der Waals surface area contributed by atoms with Gasteiger partial charge in [-0.2, -0.15) is 0 Å². The van der Waals surface area contributed by atoms with E-state index in [4.69, 9.17) is 9.47 Å². The molecule has 2 atom stereocenters. The van der Waals surface area contributed by atoms with Gasteiger partial charge in [0.15, 0.2) is 15.9 Å². The Balaban J connectivity index is 1.96. The zero-order valence-electron chi connectivity index (χ0n) is 16.9. The number of carbonyl (C=O) groups is 2. The van der Waals surface area contributed by atoms with E-state index in [1.807, 2.05) is 13.8 Å². The standard InChI is InChI=1S/C20H29NO6S/c1-5-21(18-10-11-28(24,25)13-18)19(22)15(4)27-20(23)17-8-6-16(7-9-17)12-26-14(2)3/h6-9,14-15,18H,5,10-13H2,1-4H3/t15-,18+/m0/s1. The maximum absolute atomic E-state index is 12.7. The number of hydrogen-bond donors (Lipinski definition) is 0. The normalized spacial score (nSPS) is 19.4. The molecule has 1 aromatic rings. The van der Waals surface area contributed by atoms with E-state index in [1.165, 1.54) is 11.8 Å². The molecule has 0 unspecified atom stereocenters.